The van der Waals surface area contributed by atoms with Gasteiger partial charge in [-0.3, -0.25) is 11.3 Å². The molecule has 4 nitrogen and oxygen atoms in total. The fraction of sp³-hybridized carbons (Fsp3) is 1.00. The second-order valence-electron chi connectivity index (χ2n) is 7.23. The van der Waals surface area contributed by atoms with Crippen LogP contribution >= 0.6 is 0 Å². The average Bonchev–Trinajstić information content (AvgIpc) is 3.06. The van der Waals surface area contributed by atoms with Gasteiger partial charge in [0.1, 0.15) is 0 Å². The van der Waals surface area contributed by atoms with E-state index < -0.39 is 0 Å². The Labute approximate surface area is 117 Å². The molecule has 1 aliphatic heterocycles. The molecule has 3 N–H and O–H groups in total. The van der Waals surface area contributed by atoms with Crippen molar-refractivity contribution in [3.05, 3.63) is 0 Å². The largest absolute Gasteiger partial charge is 0.377 e. The predicted octanol–water partition coefficient (Wildman–Crippen LogP) is 2.23. The molecule has 3 atom stereocenters. The quantitative estimate of drug-likeness (QED) is 0.574. The molecule has 2 aliphatic rings. The zero-order chi connectivity index (χ0) is 14.3. The second kappa shape index (κ2) is 5.32. The van der Waals surface area contributed by atoms with Crippen molar-refractivity contribution in [3.63, 3.8) is 0 Å². The van der Waals surface area contributed by atoms with Crippen molar-refractivity contribution >= 4 is 0 Å². The number of hydrazine groups is 1. The van der Waals surface area contributed by atoms with Gasteiger partial charge in [0.05, 0.1) is 23.3 Å². The predicted molar refractivity (Wildman–Crippen MR) is 76.6 cm³/mol. The van der Waals surface area contributed by atoms with E-state index in [0.29, 0.717) is 11.8 Å². The van der Waals surface area contributed by atoms with Crippen LogP contribution in [0.5, 0.6) is 0 Å². The first-order valence-corrected chi connectivity index (χ1v) is 7.58. The summed E-state index contributed by atoms with van der Waals surface area (Å²) in [6.45, 7) is 11.5. The van der Waals surface area contributed by atoms with Crippen molar-refractivity contribution in [3.8, 4) is 0 Å². The van der Waals surface area contributed by atoms with Gasteiger partial charge in [-0.1, -0.05) is 0 Å². The van der Waals surface area contributed by atoms with E-state index in [0.717, 1.165) is 13.0 Å². The number of hydrogen-bond donors (Lipinski definition) is 2. The van der Waals surface area contributed by atoms with Crippen molar-refractivity contribution in [2.75, 3.05) is 6.61 Å². The number of rotatable bonds is 6. The third-order valence-corrected chi connectivity index (χ3v) is 4.57. The summed E-state index contributed by atoms with van der Waals surface area (Å²) in [6, 6.07) is 0.171. The molecule has 0 aromatic rings. The summed E-state index contributed by atoms with van der Waals surface area (Å²) in [4.78, 5) is 0. The van der Waals surface area contributed by atoms with Crippen molar-refractivity contribution in [2.45, 2.75) is 77.2 Å². The van der Waals surface area contributed by atoms with Crippen LogP contribution in [0, 0.1) is 11.8 Å². The van der Waals surface area contributed by atoms with Gasteiger partial charge in [0.25, 0.3) is 0 Å². The third-order valence-electron chi connectivity index (χ3n) is 4.57. The van der Waals surface area contributed by atoms with Gasteiger partial charge in [-0.25, -0.2) is 0 Å². The maximum absolute atomic E-state index is 6.21. The van der Waals surface area contributed by atoms with E-state index in [-0.39, 0.29) is 23.3 Å². The Kier molecular flexibility index (Phi) is 4.26. The highest BCUT2D eigenvalue weighted by Crippen LogP contribution is 2.47. The third kappa shape index (κ3) is 3.30. The van der Waals surface area contributed by atoms with Crippen LogP contribution in [-0.4, -0.2) is 30.0 Å². The zero-order valence-electron chi connectivity index (χ0n) is 13.0. The van der Waals surface area contributed by atoms with E-state index in [9.17, 15) is 0 Å². The van der Waals surface area contributed by atoms with Gasteiger partial charge in [0.15, 0.2) is 0 Å². The minimum Gasteiger partial charge on any atom is -0.377 e. The van der Waals surface area contributed by atoms with E-state index in [4.69, 9.17) is 15.3 Å². The maximum atomic E-state index is 6.21. The molecule has 4 heteroatoms. The lowest BCUT2D eigenvalue weighted by molar-refractivity contribution is -0.0876. The van der Waals surface area contributed by atoms with Gasteiger partial charge in [-0.15, -0.1) is 0 Å². The van der Waals surface area contributed by atoms with E-state index in [2.05, 4.69) is 40.0 Å². The molecule has 0 aromatic heterocycles. The van der Waals surface area contributed by atoms with Gasteiger partial charge < -0.3 is 9.47 Å². The summed E-state index contributed by atoms with van der Waals surface area (Å²) in [5.74, 6) is 6.92. The number of nitrogens with one attached hydrogen (secondary N) is 1. The Morgan fingerprint density at radius 1 is 1.32 bits per heavy atom. The molecule has 1 aliphatic carbocycles. The summed E-state index contributed by atoms with van der Waals surface area (Å²) in [5.41, 5.74) is 2.80. The first-order chi connectivity index (χ1) is 8.80. The summed E-state index contributed by atoms with van der Waals surface area (Å²) in [7, 11) is 0. The van der Waals surface area contributed by atoms with Crippen LogP contribution in [-0.2, 0) is 9.47 Å². The van der Waals surface area contributed by atoms with Crippen LogP contribution in [0.1, 0.15) is 53.9 Å². The van der Waals surface area contributed by atoms with Gasteiger partial charge in [0.2, 0.25) is 0 Å². The minimum absolute atomic E-state index is 0.0798. The molecule has 1 heterocycles. The van der Waals surface area contributed by atoms with Crippen molar-refractivity contribution in [1.82, 2.24) is 5.43 Å². The molecular formula is C15H30N2O2. The van der Waals surface area contributed by atoms with Crippen LogP contribution in [0.15, 0.2) is 0 Å². The Morgan fingerprint density at radius 2 is 1.95 bits per heavy atom. The second-order valence-corrected chi connectivity index (χ2v) is 7.23. The Bertz CT molecular complexity index is 313. The molecule has 0 amide bonds. The SMILES string of the molecule is CCOC(C1CC1)C(NN)C1CC(C)(C)OC1(C)C. The van der Waals surface area contributed by atoms with Gasteiger partial charge >= 0.3 is 0 Å². The standard InChI is InChI=1S/C15H30N2O2/c1-6-18-13(10-7-8-10)12(17-16)11-9-14(2,3)19-15(11,4)5/h10-13,17H,6-9,16H2,1-5H3. The van der Waals surface area contributed by atoms with E-state index in [1.807, 2.05) is 0 Å². The Balaban J connectivity index is 2.15. The van der Waals surface area contributed by atoms with E-state index in [1.165, 1.54) is 12.8 Å². The topological polar surface area (TPSA) is 56.5 Å². The summed E-state index contributed by atoms with van der Waals surface area (Å²) >= 11 is 0. The van der Waals surface area contributed by atoms with Gasteiger partial charge in [-0.05, 0) is 59.8 Å². The molecule has 1 saturated heterocycles. The minimum atomic E-state index is -0.162. The Hall–Kier alpha value is -0.160. The zero-order valence-corrected chi connectivity index (χ0v) is 13.0. The smallest absolute Gasteiger partial charge is 0.0773 e. The molecular weight excluding hydrogens is 240 g/mol. The van der Waals surface area contributed by atoms with Crippen molar-refractivity contribution in [1.29, 1.82) is 0 Å². The molecule has 2 rings (SSSR count). The van der Waals surface area contributed by atoms with E-state index >= 15 is 0 Å². The fourth-order valence-electron chi connectivity index (χ4n) is 3.75. The van der Waals surface area contributed by atoms with Crippen molar-refractivity contribution < 1.29 is 9.47 Å². The molecule has 0 bridgehead atoms. The number of hydrogen-bond acceptors (Lipinski definition) is 4. The van der Waals surface area contributed by atoms with Crippen molar-refractivity contribution in [2.24, 2.45) is 17.7 Å². The lowest BCUT2D eigenvalue weighted by atomic mass is 9.78. The highest BCUT2D eigenvalue weighted by molar-refractivity contribution is 5.03. The van der Waals surface area contributed by atoms with Crippen LogP contribution < -0.4 is 11.3 Å². The van der Waals surface area contributed by atoms with E-state index in [1.54, 1.807) is 0 Å². The lowest BCUT2D eigenvalue weighted by Crippen LogP contribution is -2.55. The highest BCUT2D eigenvalue weighted by atomic mass is 16.5. The number of ether oxygens (including phenoxy) is 2. The molecule has 3 unspecified atom stereocenters. The van der Waals surface area contributed by atoms with Crippen LogP contribution in [0.3, 0.4) is 0 Å². The summed E-state index contributed by atoms with van der Waals surface area (Å²) in [6.07, 6.45) is 3.77. The molecule has 1 saturated carbocycles. The molecule has 112 valence electrons. The maximum Gasteiger partial charge on any atom is 0.0773 e. The summed E-state index contributed by atoms with van der Waals surface area (Å²) < 4.78 is 12.2. The summed E-state index contributed by atoms with van der Waals surface area (Å²) in [5, 5.41) is 0. The van der Waals surface area contributed by atoms with Crippen LogP contribution in [0.2, 0.25) is 0 Å². The van der Waals surface area contributed by atoms with Gasteiger partial charge in [0, 0.05) is 12.5 Å². The average molecular weight is 270 g/mol. The van der Waals surface area contributed by atoms with Crippen LogP contribution in [0.4, 0.5) is 0 Å². The monoisotopic (exact) mass is 270 g/mol. The Morgan fingerprint density at radius 3 is 2.32 bits per heavy atom. The first-order valence-electron chi connectivity index (χ1n) is 7.58. The molecule has 0 spiro atoms. The normalized spacial score (nSPS) is 32.2. The first kappa shape index (κ1) is 15.2. The number of nitrogens with two attached hydrogens (primary N) is 1. The van der Waals surface area contributed by atoms with Gasteiger partial charge in [-0.2, -0.15) is 0 Å². The lowest BCUT2D eigenvalue weighted by Gasteiger charge is -2.37. The molecule has 2 fully saturated rings. The van der Waals surface area contributed by atoms with Crippen LogP contribution in [0.25, 0.3) is 0 Å². The fourth-order valence-corrected chi connectivity index (χ4v) is 3.75. The molecule has 0 radical (unpaired) electrons. The molecule has 19 heavy (non-hydrogen) atoms. The molecule has 0 aromatic carbocycles. The highest BCUT2D eigenvalue weighted by Gasteiger charge is 2.52.